The van der Waals surface area contributed by atoms with Crippen molar-refractivity contribution in [3.8, 4) is 0 Å². The lowest BCUT2D eigenvalue weighted by Crippen LogP contribution is -2.37. The molecular weight excluding hydrogens is 481 g/mol. The molecule has 0 bridgehead atoms. The van der Waals surface area contributed by atoms with Crippen LogP contribution in [0.25, 0.3) is 0 Å². The van der Waals surface area contributed by atoms with Gasteiger partial charge in [0.1, 0.15) is 12.2 Å². The molecule has 1 heterocycles. The topological polar surface area (TPSA) is 96.2 Å². The highest BCUT2D eigenvalue weighted by Gasteiger charge is 2.21. The van der Waals surface area contributed by atoms with Crippen LogP contribution in [0.3, 0.4) is 0 Å². The standard InChI is InChI=1S/C20H29N7O.HI/c1-21-20(23-13-18-24-14-25-27(18)2)22-12-15-7-6-10-17(11-15)26-19(28)16-8-4-3-5-9-16;/h6-7,10-11,14,16H,3-5,8-9,12-13H2,1-2H3,(H,26,28)(H2,21,22,23);1H. The first-order chi connectivity index (χ1) is 13.7. The Bertz CT molecular complexity index is 815. The van der Waals surface area contributed by atoms with Crippen molar-refractivity contribution in [2.24, 2.45) is 18.0 Å². The molecule has 1 amide bonds. The normalized spacial score (nSPS) is 14.8. The maximum atomic E-state index is 12.4. The summed E-state index contributed by atoms with van der Waals surface area (Å²) < 4.78 is 1.72. The van der Waals surface area contributed by atoms with E-state index in [1.165, 1.54) is 12.7 Å². The first kappa shape index (κ1) is 23.1. The Hall–Kier alpha value is -2.17. The zero-order valence-corrected chi connectivity index (χ0v) is 19.3. The molecule has 3 N–H and O–H groups in total. The first-order valence-corrected chi connectivity index (χ1v) is 9.83. The summed E-state index contributed by atoms with van der Waals surface area (Å²) in [6.45, 7) is 1.14. The molecule has 3 rings (SSSR count). The second-order valence-corrected chi connectivity index (χ2v) is 7.10. The molecule has 29 heavy (non-hydrogen) atoms. The number of halogens is 1. The fraction of sp³-hybridized carbons (Fsp3) is 0.500. The van der Waals surface area contributed by atoms with E-state index in [1.54, 1.807) is 11.7 Å². The van der Waals surface area contributed by atoms with E-state index < -0.39 is 0 Å². The molecule has 2 aromatic rings. The van der Waals surface area contributed by atoms with Crippen LogP contribution >= 0.6 is 24.0 Å². The second kappa shape index (κ2) is 11.7. The van der Waals surface area contributed by atoms with Gasteiger partial charge >= 0.3 is 0 Å². The van der Waals surface area contributed by atoms with Crippen molar-refractivity contribution in [2.75, 3.05) is 12.4 Å². The Morgan fingerprint density at radius 1 is 1.21 bits per heavy atom. The third kappa shape index (κ3) is 6.98. The largest absolute Gasteiger partial charge is 0.352 e. The number of hydrogen-bond donors (Lipinski definition) is 3. The van der Waals surface area contributed by atoms with Crippen LogP contribution in [-0.2, 0) is 24.9 Å². The van der Waals surface area contributed by atoms with E-state index in [2.05, 4.69) is 31.0 Å². The van der Waals surface area contributed by atoms with E-state index >= 15 is 0 Å². The molecule has 0 aliphatic heterocycles. The Morgan fingerprint density at radius 3 is 2.66 bits per heavy atom. The van der Waals surface area contributed by atoms with E-state index in [-0.39, 0.29) is 35.8 Å². The lowest BCUT2D eigenvalue weighted by atomic mass is 9.88. The van der Waals surface area contributed by atoms with E-state index in [0.717, 1.165) is 42.8 Å². The number of aryl methyl sites for hydroxylation is 1. The minimum atomic E-state index is 0. The number of nitrogens with one attached hydrogen (secondary N) is 3. The molecule has 8 nitrogen and oxygen atoms in total. The van der Waals surface area contributed by atoms with Crippen LogP contribution in [-0.4, -0.2) is 33.7 Å². The lowest BCUT2D eigenvalue weighted by molar-refractivity contribution is -0.120. The van der Waals surface area contributed by atoms with Crippen molar-refractivity contribution in [1.29, 1.82) is 0 Å². The predicted octanol–water partition coefficient (Wildman–Crippen LogP) is 2.82. The van der Waals surface area contributed by atoms with E-state index in [4.69, 9.17) is 0 Å². The molecule has 0 unspecified atom stereocenters. The van der Waals surface area contributed by atoms with Gasteiger partial charge in [0.15, 0.2) is 5.96 Å². The summed E-state index contributed by atoms with van der Waals surface area (Å²) in [5.74, 6) is 1.81. The molecule has 1 fully saturated rings. The number of anilines is 1. The van der Waals surface area contributed by atoms with E-state index in [0.29, 0.717) is 19.0 Å². The molecule has 1 aliphatic rings. The van der Waals surface area contributed by atoms with Gasteiger partial charge in [-0.1, -0.05) is 31.4 Å². The highest BCUT2D eigenvalue weighted by atomic mass is 127. The third-order valence-electron chi connectivity index (χ3n) is 5.07. The smallest absolute Gasteiger partial charge is 0.227 e. The van der Waals surface area contributed by atoms with Crippen molar-refractivity contribution in [2.45, 2.75) is 45.2 Å². The molecule has 0 saturated heterocycles. The minimum Gasteiger partial charge on any atom is -0.352 e. The van der Waals surface area contributed by atoms with Crippen molar-refractivity contribution >= 4 is 41.5 Å². The summed E-state index contributed by atoms with van der Waals surface area (Å²) in [5, 5.41) is 13.6. The molecule has 1 aromatic heterocycles. The summed E-state index contributed by atoms with van der Waals surface area (Å²) in [4.78, 5) is 20.9. The van der Waals surface area contributed by atoms with Crippen molar-refractivity contribution in [3.05, 3.63) is 42.0 Å². The van der Waals surface area contributed by atoms with Crippen molar-refractivity contribution in [3.63, 3.8) is 0 Å². The van der Waals surface area contributed by atoms with Crippen LogP contribution < -0.4 is 16.0 Å². The van der Waals surface area contributed by atoms with Gasteiger partial charge in [0.2, 0.25) is 5.91 Å². The first-order valence-electron chi connectivity index (χ1n) is 9.83. The number of benzene rings is 1. The predicted molar refractivity (Wildman–Crippen MR) is 125 cm³/mol. The van der Waals surface area contributed by atoms with Gasteiger partial charge in [0, 0.05) is 32.2 Å². The Morgan fingerprint density at radius 2 is 1.97 bits per heavy atom. The molecule has 1 aliphatic carbocycles. The average molecular weight is 511 g/mol. The summed E-state index contributed by atoms with van der Waals surface area (Å²) >= 11 is 0. The minimum absolute atomic E-state index is 0. The third-order valence-corrected chi connectivity index (χ3v) is 5.07. The van der Waals surface area contributed by atoms with E-state index in [1.807, 2.05) is 31.3 Å². The average Bonchev–Trinajstić information content (AvgIpc) is 3.14. The van der Waals surface area contributed by atoms with Crippen LogP contribution in [0.1, 0.15) is 43.5 Å². The number of hydrogen-bond acceptors (Lipinski definition) is 4. The second-order valence-electron chi connectivity index (χ2n) is 7.10. The fourth-order valence-corrected chi connectivity index (χ4v) is 3.42. The fourth-order valence-electron chi connectivity index (χ4n) is 3.42. The molecule has 158 valence electrons. The summed E-state index contributed by atoms with van der Waals surface area (Å²) in [7, 11) is 3.58. The zero-order chi connectivity index (χ0) is 19.8. The number of nitrogens with zero attached hydrogens (tertiary/aromatic N) is 4. The van der Waals surface area contributed by atoms with Gasteiger partial charge in [-0.2, -0.15) is 5.10 Å². The van der Waals surface area contributed by atoms with Gasteiger partial charge in [-0.15, -0.1) is 24.0 Å². The Balaban J connectivity index is 0.00000300. The van der Waals surface area contributed by atoms with Gasteiger partial charge in [0.05, 0.1) is 6.54 Å². The SMILES string of the molecule is CN=C(NCc1cccc(NC(=O)C2CCCCC2)c1)NCc1ncnn1C.I. The molecule has 0 atom stereocenters. The lowest BCUT2D eigenvalue weighted by Gasteiger charge is -2.21. The number of carbonyl (C=O) groups is 1. The molecule has 0 spiro atoms. The Labute approximate surface area is 189 Å². The summed E-state index contributed by atoms with van der Waals surface area (Å²) in [6.07, 6.45) is 7.09. The number of rotatable bonds is 6. The molecule has 1 saturated carbocycles. The van der Waals surface area contributed by atoms with Crippen LogP contribution in [0.4, 0.5) is 5.69 Å². The van der Waals surface area contributed by atoms with Crippen LogP contribution in [0, 0.1) is 5.92 Å². The Kier molecular flexibility index (Phi) is 9.36. The van der Waals surface area contributed by atoms with E-state index in [9.17, 15) is 4.79 Å². The zero-order valence-electron chi connectivity index (χ0n) is 17.0. The van der Waals surface area contributed by atoms with Crippen LogP contribution in [0.5, 0.6) is 0 Å². The van der Waals surface area contributed by atoms with Gasteiger partial charge in [-0.05, 0) is 30.5 Å². The maximum absolute atomic E-state index is 12.4. The van der Waals surface area contributed by atoms with Crippen LogP contribution in [0.2, 0.25) is 0 Å². The van der Waals surface area contributed by atoms with Gasteiger partial charge in [-0.3, -0.25) is 14.5 Å². The monoisotopic (exact) mass is 511 g/mol. The maximum Gasteiger partial charge on any atom is 0.227 e. The molecule has 0 radical (unpaired) electrons. The van der Waals surface area contributed by atoms with Crippen molar-refractivity contribution < 1.29 is 4.79 Å². The number of aliphatic imine (C=N–C) groups is 1. The number of carbonyl (C=O) groups excluding carboxylic acids is 1. The highest BCUT2D eigenvalue weighted by Crippen LogP contribution is 2.25. The number of amides is 1. The molecule has 1 aromatic carbocycles. The summed E-state index contributed by atoms with van der Waals surface area (Å²) in [6, 6.07) is 7.93. The number of guanidine groups is 1. The quantitative estimate of drug-likeness (QED) is 0.315. The van der Waals surface area contributed by atoms with Gasteiger partial charge in [0.25, 0.3) is 0 Å². The molecule has 9 heteroatoms. The van der Waals surface area contributed by atoms with Crippen molar-refractivity contribution in [1.82, 2.24) is 25.4 Å². The van der Waals surface area contributed by atoms with Gasteiger partial charge < -0.3 is 16.0 Å². The summed E-state index contributed by atoms with van der Waals surface area (Å²) in [5.41, 5.74) is 1.92. The van der Waals surface area contributed by atoms with Crippen LogP contribution in [0.15, 0.2) is 35.6 Å². The highest BCUT2D eigenvalue weighted by molar-refractivity contribution is 14.0. The van der Waals surface area contributed by atoms with Gasteiger partial charge in [-0.25, -0.2) is 4.98 Å². The number of aromatic nitrogens is 3. The molecular formula is C20H30IN7O.